The zero-order chi connectivity index (χ0) is 18.6. The Morgan fingerprint density at radius 2 is 1.76 bits per heavy atom. The lowest BCUT2D eigenvalue weighted by atomic mass is 10.1. The van der Waals surface area contributed by atoms with Crippen LogP contribution < -0.4 is 15.2 Å². The van der Waals surface area contributed by atoms with Crippen LogP contribution in [-0.4, -0.2) is 20.4 Å². The highest BCUT2D eigenvalue weighted by Crippen LogP contribution is 2.18. The Morgan fingerprint density at radius 1 is 1.12 bits per heavy atom. The minimum absolute atomic E-state index is 0.00931. The molecule has 3 N–H and O–H groups in total. The van der Waals surface area contributed by atoms with Crippen LogP contribution in [0.25, 0.3) is 0 Å². The maximum Gasteiger partial charge on any atom is 0.261 e. The summed E-state index contributed by atoms with van der Waals surface area (Å²) in [6.45, 7) is 5.39. The number of hydrogen-bond donors (Lipinski definition) is 2. The summed E-state index contributed by atoms with van der Waals surface area (Å²) in [5.74, 6) is 0.311. The predicted octanol–water partition coefficient (Wildman–Crippen LogP) is 2.29. The van der Waals surface area contributed by atoms with Gasteiger partial charge in [-0.15, -0.1) is 0 Å². The van der Waals surface area contributed by atoms with Gasteiger partial charge < -0.3 is 10.1 Å². The summed E-state index contributed by atoms with van der Waals surface area (Å²) in [6, 6.07) is 13.2. The average Bonchev–Trinajstić information content (AvgIpc) is 2.56. The van der Waals surface area contributed by atoms with Gasteiger partial charge in [0.1, 0.15) is 5.75 Å². The molecule has 7 heteroatoms. The van der Waals surface area contributed by atoms with Gasteiger partial charge in [-0.3, -0.25) is 4.79 Å². The Balaban J connectivity index is 2.03. The van der Waals surface area contributed by atoms with E-state index in [-0.39, 0.29) is 10.8 Å². The van der Waals surface area contributed by atoms with Crippen molar-refractivity contribution in [1.29, 1.82) is 0 Å². The van der Waals surface area contributed by atoms with Crippen LogP contribution in [0.1, 0.15) is 31.0 Å². The lowest BCUT2D eigenvalue weighted by Crippen LogP contribution is -2.37. The number of hydrogen-bond acceptors (Lipinski definition) is 4. The van der Waals surface area contributed by atoms with Crippen LogP contribution >= 0.6 is 0 Å². The van der Waals surface area contributed by atoms with E-state index in [1.165, 1.54) is 12.1 Å². The highest BCUT2D eigenvalue weighted by molar-refractivity contribution is 7.89. The van der Waals surface area contributed by atoms with E-state index in [1.807, 2.05) is 19.1 Å². The van der Waals surface area contributed by atoms with Gasteiger partial charge in [0.2, 0.25) is 10.0 Å². The smallest absolute Gasteiger partial charge is 0.261 e. The Labute approximate surface area is 148 Å². The number of primary sulfonamides is 1. The molecule has 0 heterocycles. The molecule has 25 heavy (non-hydrogen) atoms. The molecule has 2 aromatic rings. The number of nitrogens with two attached hydrogens (primary N) is 1. The number of sulfonamides is 1. The molecule has 0 fully saturated rings. The maximum atomic E-state index is 12.3. The highest BCUT2D eigenvalue weighted by atomic mass is 32.2. The number of benzene rings is 2. The summed E-state index contributed by atoms with van der Waals surface area (Å²) >= 11 is 0. The van der Waals surface area contributed by atoms with Crippen LogP contribution in [0, 0.1) is 6.92 Å². The summed E-state index contributed by atoms with van der Waals surface area (Å²) in [5.41, 5.74) is 1.75. The van der Waals surface area contributed by atoms with Crippen LogP contribution in [0.15, 0.2) is 53.4 Å². The van der Waals surface area contributed by atoms with Crippen molar-refractivity contribution in [1.82, 2.24) is 5.32 Å². The lowest BCUT2D eigenvalue weighted by Gasteiger charge is -2.19. The number of rotatable bonds is 6. The third-order valence-electron chi connectivity index (χ3n) is 3.75. The number of aryl methyl sites for hydroxylation is 1. The number of carbonyl (C=O) groups excluding carboxylic acids is 1. The van der Waals surface area contributed by atoms with Crippen molar-refractivity contribution < 1.29 is 17.9 Å². The number of ether oxygens (including phenoxy) is 1. The third kappa shape index (κ3) is 5.30. The monoisotopic (exact) mass is 362 g/mol. The van der Waals surface area contributed by atoms with Crippen molar-refractivity contribution in [3.8, 4) is 5.75 Å². The predicted molar refractivity (Wildman–Crippen MR) is 95.6 cm³/mol. The Hall–Kier alpha value is -2.38. The van der Waals surface area contributed by atoms with Gasteiger partial charge in [-0.25, -0.2) is 13.6 Å². The summed E-state index contributed by atoms with van der Waals surface area (Å²) < 4.78 is 28.5. The van der Waals surface area contributed by atoms with E-state index in [0.29, 0.717) is 11.3 Å². The average molecular weight is 362 g/mol. The van der Waals surface area contributed by atoms with Gasteiger partial charge in [0.25, 0.3) is 5.91 Å². The van der Waals surface area contributed by atoms with Crippen molar-refractivity contribution >= 4 is 15.9 Å². The second-order valence-corrected chi connectivity index (χ2v) is 7.48. The molecule has 0 saturated carbocycles. The first-order chi connectivity index (χ1) is 11.7. The fourth-order valence-corrected chi connectivity index (χ4v) is 2.82. The Bertz CT molecular complexity index is 848. The first-order valence-electron chi connectivity index (χ1n) is 7.83. The van der Waals surface area contributed by atoms with Crippen LogP contribution in [0.3, 0.4) is 0 Å². The molecule has 0 spiro atoms. The second kappa shape index (κ2) is 7.67. The lowest BCUT2D eigenvalue weighted by molar-refractivity contribution is -0.127. The fourth-order valence-electron chi connectivity index (χ4n) is 2.25. The molecule has 0 aliphatic carbocycles. The first kappa shape index (κ1) is 19.0. The molecule has 0 aliphatic rings. The standard InChI is InChI=1S/C18H22N2O4S/c1-12-7-9-16(10-8-12)24-14(3)18(21)20-13(2)15-5-4-6-17(11-15)25(19,22)23/h4-11,13-14H,1-3H3,(H,20,21)(H2,19,22,23). The minimum Gasteiger partial charge on any atom is -0.481 e. The minimum atomic E-state index is -3.79. The molecular formula is C18H22N2O4S. The van der Waals surface area contributed by atoms with Gasteiger partial charge in [-0.05, 0) is 50.6 Å². The SMILES string of the molecule is Cc1ccc(OC(C)C(=O)NC(C)c2cccc(S(N)(=O)=O)c2)cc1. The highest BCUT2D eigenvalue weighted by Gasteiger charge is 2.18. The second-order valence-electron chi connectivity index (χ2n) is 5.92. The summed E-state index contributed by atoms with van der Waals surface area (Å²) in [5, 5.41) is 7.94. The fraction of sp³-hybridized carbons (Fsp3) is 0.278. The van der Waals surface area contributed by atoms with E-state index in [4.69, 9.17) is 9.88 Å². The van der Waals surface area contributed by atoms with Gasteiger partial charge >= 0.3 is 0 Å². The van der Waals surface area contributed by atoms with E-state index < -0.39 is 22.2 Å². The molecule has 1 amide bonds. The Kier molecular flexibility index (Phi) is 5.81. The molecule has 0 saturated heterocycles. The van der Waals surface area contributed by atoms with Gasteiger partial charge in [0.15, 0.2) is 6.10 Å². The van der Waals surface area contributed by atoms with E-state index in [0.717, 1.165) is 5.56 Å². The number of nitrogens with one attached hydrogen (secondary N) is 1. The van der Waals surface area contributed by atoms with Gasteiger partial charge in [-0.1, -0.05) is 29.8 Å². The van der Waals surface area contributed by atoms with E-state index in [9.17, 15) is 13.2 Å². The van der Waals surface area contributed by atoms with Crippen molar-refractivity contribution in [2.24, 2.45) is 5.14 Å². The first-order valence-corrected chi connectivity index (χ1v) is 9.38. The largest absolute Gasteiger partial charge is 0.481 e. The van der Waals surface area contributed by atoms with Crippen LogP contribution in [0.2, 0.25) is 0 Å². The molecule has 0 bridgehead atoms. The zero-order valence-corrected chi connectivity index (χ0v) is 15.2. The van der Waals surface area contributed by atoms with Crippen LogP contribution in [-0.2, 0) is 14.8 Å². The van der Waals surface area contributed by atoms with Crippen LogP contribution in [0.5, 0.6) is 5.75 Å². The summed E-state index contributed by atoms with van der Waals surface area (Å²) in [6.07, 6.45) is -0.688. The molecule has 134 valence electrons. The third-order valence-corrected chi connectivity index (χ3v) is 4.66. The van der Waals surface area contributed by atoms with Crippen molar-refractivity contribution in [2.75, 3.05) is 0 Å². The molecule has 0 radical (unpaired) electrons. The zero-order valence-electron chi connectivity index (χ0n) is 14.4. The van der Waals surface area contributed by atoms with Crippen LogP contribution in [0.4, 0.5) is 0 Å². The molecule has 2 aromatic carbocycles. The van der Waals surface area contributed by atoms with Gasteiger partial charge in [-0.2, -0.15) is 0 Å². The molecule has 2 unspecified atom stereocenters. The normalized spacial score (nSPS) is 13.8. The van der Waals surface area contributed by atoms with Gasteiger partial charge in [0, 0.05) is 0 Å². The molecule has 6 nitrogen and oxygen atoms in total. The maximum absolute atomic E-state index is 12.3. The molecule has 2 rings (SSSR count). The quantitative estimate of drug-likeness (QED) is 0.823. The van der Waals surface area contributed by atoms with Crippen molar-refractivity contribution in [3.63, 3.8) is 0 Å². The van der Waals surface area contributed by atoms with E-state index in [2.05, 4.69) is 5.32 Å². The van der Waals surface area contributed by atoms with Gasteiger partial charge in [0.05, 0.1) is 10.9 Å². The van der Waals surface area contributed by atoms with E-state index in [1.54, 1.807) is 38.1 Å². The Morgan fingerprint density at radius 3 is 2.36 bits per heavy atom. The molecule has 0 aliphatic heterocycles. The topological polar surface area (TPSA) is 98.5 Å². The summed E-state index contributed by atoms with van der Waals surface area (Å²) in [7, 11) is -3.79. The van der Waals surface area contributed by atoms with Crippen molar-refractivity contribution in [2.45, 2.75) is 37.8 Å². The summed E-state index contributed by atoms with van der Waals surface area (Å²) in [4.78, 5) is 12.3. The van der Waals surface area contributed by atoms with E-state index >= 15 is 0 Å². The van der Waals surface area contributed by atoms with Crippen molar-refractivity contribution in [3.05, 3.63) is 59.7 Å². The number of amides is 1. The molecular weight excluding hydrogens is 340 g/mol. The molecule has 0 aromatic heterocycles. The number of carbonyl (C=O) groups is 1. The molecule has 2 atom stereocenters.